The molecule has 0 bridgehead atoms. The number of thioether (sulfide) groups is 1. The Balaban J connectivity index is 1.59. The van der Waals surface area contributed by atoms with Gasteiger partial charge in [-0.25, -0.2) is 4.79 Å². The monoisotopic (exact) mass is 522 g/mol. The van der Waals surface area contributed by atoms with Gasteiger partial charge in [0.25, 0.3) is 5.91 Å². The molecule has 3 amide bonds. The highest BCUT2D eigenvalue weighted by molar-refractivity contribution is 8.00. The minimum Gasteiger partial charge on any atom is -0.465 e. The van der Waals surface area contributed by atoms with Gasteiger partial charge in [-0.15, -0.1) is 11.8 Å². The van der Waals surface area contributed by atoms with Crippen LogP contribution in [0.2, 0.25) is 0 Å². The molecule has 0 radical (unpaired) electrons. The minimum atomic E-state index is -0.398. The Kier molecular flexibility index (Phi) is 9.73. The number of hydrogen-bond acceptors (Lipinski definition) is 8. The number of amides is 3. The molecule has 35 heavy (non-hydrogen) atoms. The first kappa shape index (κ1) is 26.7. The van der Waals surface area contributed by atoms with Crippen LogP contribution in [0.1, 0.15) is 19.4 Å². The van der Waals surface area contributed by atoms with Crippen LogP contribution in [0, 0.1) is 6.92 Å². The third-order valence-electron chi connectivity index (χ3n) is 5.26. The number of aryl methyl sites for hydroxylation is 1. The fourth-order valence-corrected chi connectivity index (χ4v) is 5.41. The predicted molar refractivity (Wildman–Crippen MR) is 134 cm³/mol. The van der Waals surface area contributed by atoms with Crippen molar-refractivity contribution < 1.29 is 28.7 Å². The van der Waals surface area contributed by atoms with E-state index in [1.54, 1.807) is 28.2 Å². The van der Waals surface area contributed by atoms with Crippen LogP contribution >= 0.6 is 23.1 Å². The third-order valence-corrected chi connectivity index (χ3v) is 7.20. The Morgan fingerprint density at radius 1 is 1.00 bits per heavy atom. The summed E-state index contributed by atoms with van der Waals surface area (Å²) in [6, 6.07) is 5.83. The van der Waals surface area contributed by atoms with Gasteiger partial charge in [-0.2, -0.15) is 4.99 Å². The van der Waals surface area contributed by atoms with Gasteiger partial charge in [0.2, 0.25) is 5.91 Å². The summed E-state index contributed by atoms with van der Waals surface area (Å²) in [6.07, 6.45) is -0.363. The molecule has 1 aromatic carbocycles. The lowest BCUT2D eigenvalue weighted by atomic mass is 10.2. The standard InChI is InChI=1S/C23H30N4O6S2/c1-4-32-21(30)13-27-17-7-6-16(3)12-18(17)35-22(27)24-19(28)14-34-15-20(29)25-8-10-26(11-9-25)23(31)33-5-2/h6-7,12H,4-5,8-11,13-15H2,1-3H3. The Hall–Kier alpha value is -2.86. The SMILES string of the molecule is CCOC(=O)Cn1c(=NC(=O)CSCC(=O)N2CCN(C(=O)OCC)CC2)sc2cc(C)ccc21. The molecule has 0 spiro atoms. The second kappa shape index (κ2) is 12.7. The highest BCUT2D eigenvalue weighted by Gasteiger charge is 2.24. The number of fused-ring (bicyclic) bond motifs is 1. The molecule has 10 nitrogen and oxygen atoms in total. The highest BCUT2D eigenvalue weighted by atomic mass is 32.2. The molecule has 190 valence electrons. The zero-order chi connectivity index (χ0) is 25.4. The molecule has 0 unspecified atom stereocenters. The van der Waals surface area contributed by atoms with Crippen LogP contribution in [0.25, 0.3) is 10.2 Å². The minimum absolute atomic E-state index is 0.0353. The Morgan fingerprint density at radius 3 is 2.37 bits per heavy atom. The molecule has 2 heterocycles. The fourth-order valence-electron chi connectivity index (χ4n) is 3.56. The Morgan fingerprint density at radius 2 is 1.69 bits per heavy atom. The normalized spacial score (nSPS) is 14.3. The molecule has 2 aromatic rings. The van der Waals surface area contributed by atoms with Gasteiger partial charge in [-0.3, -0.25) is 14.4 Å². The number of thiazole rings is 1. The summed E-state index contributed by atoms with van der Waals surface area (Å²) in [5.74, 6) is -0.669. The molecule has 1 aliphatic heterocycles. The zero-order valence-electron chi connectivity index (χ0n) is 20.2. The van der Waals surface area contributed by atoms with Crippen molar-refractivity contribution in [3.63, 3.8) is 0 Å². The molecule has 3 rings (SSSR count). The van der Waals surface area contributed by atoms with E-state index in [9.17, 15) is 19.2 Å². The van der Waals surface area contributed by atoms with E-state index in [1.807, 2.05) is 25.1 Å². The lowest BCUT2D eigenvalue weighted by Crippen LogP contribution is -2.51. The number of carbonyl (C=O) groups excluding carboxylic acids is 4. The average molecular weight is 523 g/mol. The van der Waals surface area contributed by atoms with Gasteiger partial charge >= 0.3 is 12.1 Å². The largest absolute Gasteiger partial charge is 0.465 e. The first-order valence-electron chi connectivity index (χ1n) is 11.4. The molecule has 0 atom stereocenters. The predicted octanol–water partition coefficient (Wildman–Crippen LogP) is 2.04. The number of aromatic nitrogens is 1. The summed E-state index contributed by atoms with van der Waals surface area (Å²) in [5.41, 5.74) is 1.88. The van der Waals surface area contributed by atoms with Crippen LogP contribution in [0.5, 0.6) is 0 Å². The number of nitrogens with zero attached hydrogens (tertiary/aromatic N) is 4. The van der Waals surface area contributed by atoms with Crippen LogP contribution in [0.3, 0.4) is 0 Å². The Labute approximate surface area is 211 Å². The lowest BCUT2D eigenvalue weighted by Gasteiger charge is -2.34. The van der Waals surface area contributed by atoms with Crippen LogP contribution in [-0.4, -0.2) is 89.1 Å². The van der Waals surface area contributed by atoms with Crippen molar-refractivity contribution in [3.8, 4) is 0 Å². The van der Waals surface area contributed by atoms with E-state index in [-0.39, 0.29) is 42.6 Å². The van der Waals surface area contributed by atoms with Crippen LogP contribution in [0.15, 0.2) is 23.2 Å². The number of esters is 1. The van der Waals surface area contributed by atoms with Crippen molar-refractivity contribution in [2.24, 2.45) is 4.99 Å². The van der Waals surface area contributed by atoms with Gasteiger partial charge in [0.05, 0.1) is 34.9 Å². The first-order chi connectivity index (χ1) is 16.8. The van der Waals surface area contributed by atoms with Gasteiger partial charge in [0.1, 0.15) is 6.54 Å². The van der Waals surface area contributed by atoms with Gasteiger partial charge in [0, 0.05) is 26.2 Å². The van der Waals surface area contributed by atoms with Crippen LogP contribution in [-0.2, 0) is 30.4 Å². The smallest absolute Gasteiger partial charge is 0.409 e. The molecule has 1 saturated heterocycles. The van der Waals surface area contributed by atoms with Gasteiger partial charge in [0.15, 0.2) is 4.80 Å². The quantitative estimate of drug-likeness (QED) is 0.488. The summed E-state index contributed by atoms with van der Waals surface area (Å²) in [5, 5.41) is 0. The number of piperazine rings is 1. The van der Waals surface area contributed by atoms with E-state index in [1.165, 1.54) is 23.1 Å². The Bertz CT molecular complexity index is 1150. The summed E-state index contributed by atoms with van der Waals surface area (Å²) >= 11 is 2.53. The molecular formula is C23H30N4O6S2. The molecule has 0 saturated carbocycles. The van der Waals surface area contributed by atoms with E-state index in [0.29, 0.717) is 37.6 Å². The number of ether oxygens (including phenoxy) is 2. The van der Waals surface area contributed by atoms with Crippen molar-refractivity contribution in [2.75, 3.05) is 50.9 Å². The first-order valence-corrected chi connectivity index (χ1v) is 13.4. The molecule has 12 heteroatoms. The van der Waals surface area contributed by atoms with E-state index in [2.05, 4.69) is 4.99 Å². The molecular weight excluding hydrogens is 492 g/mol. The lowest BCUT2D eigenvalue weighted by molar-refractivity contribution is -0.143. The fraction of sp³-hybridized carbons (Fsp3) is 0.522. The van der Waals surface area contributed by atoms with E-state index in [0.717, 1.165) is 15.8 Å². The topological polar surface area (TPSA) is 111 Å². The van der Waals surface area contributed by atoms with Crippen LogP contribution in [0.4, 0.5) is 4.79 Å². The molecule has 1 aromatic heterocycles. The maximum atomic E-state index is 12.6. The van der Waals surface area contributed by atoms with Crippen molar-refractivity contribution in [1.82, 2.24) is 14.4 Å². The zero-order valence-corrected chi connectivity index (χ0v) is 21.8. The van der Waals surface area contributed by atoms with Crippen molar-refractivity contribution >= 4 is 57.2 Å². The van der Waals surface area contributed by atoms with Gasteiger partial charge in [-0.1, -0.05) is 17.4 Å². The highest BCUT2D eigenvalue weighted by Crippen LogP contribution is 2.19. The molecule has 1 aliphatic rings. The van der Waals surface area contributed by atoms with Crippen LogP contribution < -0.4 is 4.80 Å². The van der Waals surface area contributed by atoms with Gasteiger partial charge in [-0.05, 0) is 38.5 Å². The second-order valence-electron chi connectivity index (χ2n) is 7.81. The molecule has 1 fully saturated rings. The van der Waals surface area contributed by atoms with Gasteiger partial charge < -0.3 is 23.8 Å². The summed E-state index contributed by atoms with van der Waals surface area (Å²) < 4.78 is 12.7. The van der Waals surface area contributed by atoms with Crippen molar-refractivity contribution in [3.05, 3.63) is 28.6 Å². The summed E-state index contributed by atoms with van der Waals surface area (Å²) in [7, 11) is 0. The number of hydrogen-bond donors (Lipinski definition) is 0. The average Bonchev–Trinajstić information content (AvgIpc) is 3.14. The maximum Gasteiger partial charge on any atom is 0.409 e. The van der Waals surface area contributed by atoms with Crippen molar-refractivity contribution in [1.29, 1.82) is 0 Å². The third kappa shape index (κ3) is 7.31. The summed E-state index contributed by atoms with van der Waals surface area (Å²) in [4.78, 5) is 56.9. The van der Waals surface area contributed by atoms with E-state index in [4.69, 9.17) is 9.47 Å². The number of benzene rings is 1. The van der Waals surface area contributed by atoms with E-state index < -0.39 is 5.97 Å². The molecule has 0 N–H and O–H groups in total. The maximum absolute atomic E-state index is 12.6. The second-order valence-corrected chi connectivity index (χ2v) is 9.81. The number of rotatable bonds is 8. The summed E-state index contributed by atoms with van der Waals surface area (Å²) in [6.45, 7) is 7.75. The van der Waals surface area contributed by atoms with E-state index >= 15 is 0 Å². The van der Waals surface area contributed by atoms with Crippen molar-refractivity contribution in [2.45, 2.75) is 27.3 Å². The number of carbonyl (C=O) groups is 4. The molecule has 0 aliphatic carbocycles.